The maximum absolute atomic E-state index is 9.45. The largest absolute Gasteiger partial charge is 0.508 e. The summed E-state index contributed by atoms with van der Waals surface area (Å²) in [5.41, 5.74) is 1.49. The van der Waals surface area contributed by atoms with E-state index in [-0.39, 0.29) is 12.4 Å². The lowest BCUT2D eigenvalue weighted by molar-refractivity contribution is 0.275. The molecule has 1 rings (SSSR count). The predicted molar refractivity (Wildman–Crippen MR) is 58.0 cm³/mol. The molecule has 0 aliphatic rings. The topological polar surface area (TPSA) is 40.5 Å². The van der Waals surface area contributed by atoms with Crippen molar-refractivity contribution in [2.24, 2.45) is 0 Å². The summed E-state index contributed by atoms with van der Waals surface area (Å²) in [6.07, 6.45) is 6.10. The Morgan fingerprint density at radius 1 is 1.36 bits per heavy atom. The summed E-state index contributed by atoms with van der Waals surface area (Å²) in [7, 11) is 0. The Hall–Kier alpha value is -1.28. The van der Waals surface area contributed by atoms with Crippen LogP contribution in [0.5, 0.6) is 5.75 Å². The molecule has 0 atom stereocenters. The first-order valence-electron chi connectivity index (χ1n) is 4.87. The second-order valence-electron chi connectivity index (χ2n) is 3.19. The molecule has 0 amide bonds. The van der Waals surface area contributed by atoms with Crippen molar-refractivity contribution >= 4 is 6.08 Å². The molecule has 1 aromatic carbocycles. The summed E-state index contributed by atoms with van der Waals surface area (Å²) in [6.45, 7) is 1.98. The normalized spacial score (nSPS) is 11.0. The van der Waals surface area contributed by atoms with Crippen LogP contribution in [0.4, 0.5) is 0 Å². The lowest BCUT2D eigenvalue weighted by atomic mass is 10.1. The van der Waals surface area contributed by atoms with E-state index in [2.05, 4.69) is 6.92 Å². The minimum atomic E-state index is -0.127. The van der Waals surface area contributed by atoms with E-state index >= 15 is 0 Å². The first-order chi connectivity index (χ1) is 6.79. The van der Waals surface area contributed by atoms with E-state index in [9.17, 15) is 5.11 Å². The highest BCUT2D eigenvalue weighted by molar-refractivity contribution is 5.57. The van der Waals surface area contributed by atoms with E-state index in [4.69, 9.17) is 5.11 Å². The summed E-state index contributed by atoms with van der Waals surface area (Å²) in [5.74, 6) is 0.158. The van der Waals surface area contributed by atoms with E-state index in [1.807, 2.05) is 18.2 Å². The molecule has 0 fully saturated rings. The van der Waals surface area contributed by atoms with Gasteiger partial charge in [-0.1, -0.05) is 37.6 Å². The van der Waals surface area contributed by atoms with Gasteiger partial charge in [0.15, 0.2) is 0 Å². The Bertz CT molecular complexity index is 316. The number of hydrogen-bond acceptors (Lipinski definition) is 2. The molecule has 0 aromatic heterocycles. The van der Waals surface area contributed by atoms with Crippen molar-refractivity contribution in [1.82, 2.24) is 0 Å². The van der Waals surface area contributed by atoms with E-state index in [1.165, 1.54) is 0 Å². The molecule has 0 spiro atoms. The van der Waals surface area contributed by atoms with Gasteiger partial charge in [0.05, 0.1) is 6.61 Å². The second-order valence-corrected chi connectivity index (χ2v) is 3.19. The van der Waals surface area contributed by atoms with Crippen LogP contribution in [0.3, 0.4) is 0 Å². The molecule has 76 valence electrons. The molecule has 1 aromatic rings. The molecule has 0 saturated carbocycles. The van der Waals surface area contributed by atoms with Crippen LogP contribution in [0.25, 0.3) is 6.08 Å². The molecule has 0 bridgehead atoms. The molecule has 0 unspecified atom stereocenters. The lowest BCUT2D eigenvalue weighted by Gasteiger charge is -2.04. The SMILES string of the molecule is CCC/C=C/c1cccc(O)c1CO. The summed E-state index contributed by atoms with van der Waals surface area (Å²) in [6, 6.07) is 5.25. The van der Waals surface area contributed by atoms with Crippen molar-refractivity contribution in [2.45, 2.75) is 26.4 Å². The van der Waals surface area contributed by atoms with Crippen LogP contribution in [0, 0.1) is 0 Å². The predicted octanol–water partition coefficient (Wildman–Crippen LogP) is 2.70. The highest BCUT2D eigenvalue weighted by Gasteiger charge is 2.02. The van der Waals surface area contributed by atoms with Gasteiger partial charge >= 0.3 is 0 Å². The van der Waals surface area contributed by atoms with Gasteiger partial charge in [0.1, 0.15) is 5.75 Å². The van der Waals surface area contributed by atoms with Crippen LogP contribution in [-0.4, -0.2) is 10.2 Å². The van der Waals surface area contributed by atoms with Crippen LogP contribution in [0.1, 0.15) is 30.9 Å². The Balaban J connectivity index is 2.90. The number of allylic oxidation sites excluding steroid dienone is 1. The standard InChI is InChI=1S/C12H16O2/c1-2-3-4-6-10-7-5-8-12(14)11(10)9-13/h4-8,13-14H,2-3,9H2,1H3/b6-4+. The zero-order chi connectivity index (χ0) is 10.4. The third-order valence-electron chi connectivity index (χ3n) is 2.10. The first kappa shape index (κ1) is 10.8. The zero-order valence-electron chi connectivity index (χ0n) is 8.40. The van der Waals surface area contributed by atoms with Gasteiger partial charge in [0, 0.05) is 5.56 Å². The lowest BCUT2D eigenvalue weighted by Crippen LogP contribution is -1.88. The van der Waals surface area contributed by atoms with Crippen LogP contribution >= 0.6 is 0 Å². The van der Waals surface area contributed by atoms with Gasteiger partial charge in [-0.25, -0.2) is 0 Å². The molecule has 2 N–H and O–H groups in total. The fourth-order valence-corrected chi connectivity index (χ4v) is 1.30. The zero-order valence-corrected chi connectivity index (χ0v) is 8.40. The summed E-state index contributed by atoms with van der Waals surface area (Å²) in [5, 5.41) is 18.5. The number of aromatic hydroxyl groups is 1. The van der Waals surface area contributed by atoms with Crippen molar-refractivity contribution in [2.75, 3.05) is 0 Å². The van der Waals surface area contributed by atoms with Crippen molar-refractivity contribution in [1.29, 1.82) is 0 Å². The van der Waals surface area contributed by atoms with Crippen LogP contribution in [0.15, 0.2) is 24.3 Å². The van der Waals surface area contributed by atoms with Gasteiger partial charge in [-0.05, 0) is 18.1 Å². The smallest absolute Gasteiger partial charge is 0.121 e. The average molecular weight is 192 g/mol. The minimum Gasteiger partial charge on any atom is -0.508 e. The van der Waals surface area contributed by atoms with Crippen molar-refractivity contribution < 1.29 is 10.2 Å². The molecule has 0 radical (unpaired) electrons. The number of hydrogen-bond donors (Lipinski definition) is 2. The van der Waals surface area contributed by atoms with Crippen LogP contribution in [0.2, 0.25) is 0 Å². The maximum Gasteiger partial charge on any atom is 0.121 e. The highest BCUT2D eigenvalue weighted by Crippen LogP contribution is 2.22. The number of aliphatic hydroxyl groups excluding tert-OH is 1. The monoisotopic (exact) mass is 192 g/mol. The Morgan fingerprint density at radius 3 is 2.79 bits per heavy atom. The van der Waals surface area contributed by atoms with E-state index < -0.39 is 0 Å². The molecule has 0 aliphatic carbocycles. The molecular formula is C12H16O2. The number of rotatable bonds is 4. The van der Waals surface area contributed by atoms with Gasteiger partial charge in [-0.15, -0.1) is 0 Å². The van der Waals surface area contributed by atoms with E-state index in [0.29, 0.717) is 5.56 Å². The van der Waals surface area contributed by atoms with Gasteiger partial charge < -0.3 is 10.2 Å². The maximum atomic E-state index is 9.45. The molecule has 0 heterocycles. The molecule has 2 heteroatoms. The Labute approximate surface area is 84.5 Å². The number of benzene rings is 1. The van der Waals surface area contributed by atoms with Crippen molar-refractivity contribution in [3.63, 3.8) is 0 Å². The number of aliphatic hydroxyl groups is 1. The van der Waals surface area contributed by atoms with E-state index in [1.54, 1.807) is 12.1 Å². The van der Waals surface area contributed by atoms with E-state index in [0.717, 1.165) is 18.4 Å². The van der Waals surface area contributed by atoms with Gasteiger partial charge in [-0.2, -0.15) is 0 Å². The third-order valence-corrected chi connectivity index (χ3v) is 2.10. The van der Waals surface area contributed by atoms with Gasteiger partial charge in [-0.3, -0.25) is 0 Å². The molecule has 0 saturated heterocycles. The highest BCUT2D eigenvalue weighted by atomic mass is 16.3. The number of unbranched alkanes of at least 4 members (excludes halogenated alkanes) is 1. The summed E-state index contributed by atoms with van der Waals surface area (Å²) in [4.78, 5) is 0. The Morgan fingerprint density at radius 2 is 2.14 bits per heavy atom. The molecular weight excluding hydrogens is 176 g/mol. The summed E-state index contributed by atoms with van der Waals surface area (Å²) < 4.78 is 0. The first-order valence-corrected chi connectivity index (χ1v) is 4.87. The Kier molecular flexibility index (Phi) is 4.20. The molecule has 0 aliphatic heterocycles. The van der Waals surface area contributed by atoms with Crippen LogP contribution in [-0.2, 0) is 6.61 Å². The van der Waals surface area contributed by atoms with Gasteiger partial charge in [0.25, 0.3) is 0 Å². The van der Waals surface area contributed by atoms with Gasteiger partial charge in [0.2, 0.25) is 0 Å². The van der Waals surface area contributed by atoms with Crippen molar-refractivity contribution in [3.8, 4) is 5.75 Å². The fraction of sp³-hybridized carbons (Fsp3) is 0.333. The average Bonchev–Trinajstić information content (AvgIpc) is 2.18. The minimum absolute atomic E-state index is 0.127. The molecule has 2 nitrogen and oxygen atoms in total. The summed E-state index contributed by atoms with van der Waals surface area (Å²) >= 11 is 0. The molecule has 14 heavy (non-hydrogen) atoms. The fourth-order valence-electron chi connectivity index (χ4n) is 1.30. The second kappa shape index (κ2) is 5.45. The van der Waals surface area contributed by atoms with Crippen molar-refractivity contribution in [3.05, 3.63) is 35.4 Å². The van der Waals surface area contributed by atoms with Crippen LogP contribution < -0.4 is 0 Å². The quantitative estimate of drug-likeness (QED) is 0.770. The number of phenols is 1. The third kappa shape index (κ3) is 2.60.